The zero-order chi connectivity index (χ0) is 20.1. The molecule has 0 fully saturated rings. The van der Waals surface area contributed by atoms with Gasteiger partial charge in [0.05, 0.1) is 0 Å². The van der Waals surface area contributed by atoms with Crippen LogP contribution in [0.15, 0.2) is 78.9 Å². The molecule has 29 heavy (non-hydrogen) atoms. The van der Waals surface area contributed by atoms with Crippen LogP contribution >= 0.6 is 0 Å². The number of fused-ring (bicyclic) bond motifs is 3. The smallest absolute Gasteiger partial charge is 0.407 e. The summed E-state index contributed by atoms with van der Waals surface area (Å²) in [6.07, 6.45) is 1.30. The van der Waals surface area contributed by atoms with Crippen molar-refractivity contribution in [1.29, 1.82) is 0 Å². The molecule has 3 N–H and O–H groups in total. The molecule has 0 radical (unpaired) electrons. The van der Waals surface area contributed by atoms with Crippen molar-refractivity contribution in [3.05, 3.63) is 95.6 Å². The molecule has 0 heterocycles. The van der Waals surface area contributed by atoms with Gasteiger partial charge < -0.3 is 15.8 Å². The molecular weight excluding hydrogens is 360 g/mol. The summed E-state index contributed by atoms with van der Waals surface area (Å²) < 4.78 is 5.55. The predicted octanol–water partition coefficient (Wildman–Crippen LogP) is 4.49. The zero-order valence-electron chi connectivity index (χ0n) is 16.4. The maximum absolute atomic E-state index is 12.2. The van der Waals surface area contributed by atoms with Crippen LogP contribution in [0.5, 0.6) is 0 Å². The van der Waals surface area contributed by atoms with E-state index in [0.29, 0.717) is 13.2 Å². The molecule has 1 amide bonds. The minimum absolute atomic E-state index is 0.0694. The van der Waals surface area contributed by atoms with Crippen LogP contribution < -0.4 is 11.1 Å². The second-order valence-corrected chi connectivity index (χ2v) is 7.49. The van der Waals surface area contributed by atoms with Crippen molar-refractivity contribution in [2.45, 2.75) is 24.8 Å². The molecule has 4 heteroatoms. The number of hydrogen-bond donors (Lipinski definition) is 2. The lowest BCUT2D eigenvalue weighted by atomic mass is 9.98. The van der Waals surface area contributed by atoms with Gasteiger partial charge in [-0.1, -0.05) is 78.9 Å². The van der Waals surface area contributed by atoms with Gasteiger partial charge in [0.25, 0.3) is 0 Å². The molecule has 0 aliphatic heterocycles. The summed E-state index contributed by atoms with van der Waals surface area (Å²) in [5, 5.41) is 2.80. The highest BCUT2D eigenvalue weighted by molar-refractivity contribution is 5.79. The first-order valence-electron chi connectivity index (χ1n) is 10.1. The fourth-order valence-electron chi connectivity index (χ4n) is 3.96. The Balaban J connectivity index is 1.28. The van der Waals surface area contributed by atoms with Gasteiger partial charge in [-0.2, -0.15) is 0 Å². The Kier molecular flexibility index (Phi) is 5.92. The first-order valence-corrected chi connectivity index (χ1v) is 10.1. The topological polar surface area (TPSA) is 64.3 Å². The summed E-state index contributed by atoms with van der Waals surface area (Å²) in [7, 11) is 0. The number of nitrogens with two attached hydrogens (primary N) is 1. The number of carbonyl (C=O) groups is 1. The van der Waals surface area contributed by atoms with Crippen molar-refractivity contribution >= 4 is 6.09 Å². The van der Waals surface area contributed by atoms with Crippen LogP contribution in [-0.2, 0) is 11.2 Å². The third-order valence-electron chi connectivity index (χ3n) is 5.50. The Hall–Kier alpha value is -3.11. The molecule has 4 nitrogen and oxygen atoms in total. The van der Waals surface area contributed by atoms with E-state index in [1.807, 2.05) is 42.5 Å². The number of rotatable bonds is 7. The Morgan fingerprint density at radius 2 is 1.48 bits per heavy atom. The van der Waals surface area contributed by atoms with Gasteiger partial charge >= 0.3 is 6.09 Å². The number of carbonyl (C=O) groups excluding carboxylic acids is 1. The minimum atomic E-state index is -0.415. The molecule has 0 saturated heterocycles. The molecule has 1 aliphatic rings. The Morgan fingerprint density at radius 1 is 0.897 bits per heavy atom. The van der Waals surface area contributed by atoms with E-state index >= 15 is 0 Å². The maximum Gasteiger partial charge on any atom is 0.407 e. The maximum atomic E-state index is 12.2. The van der Waals surface area contributed by atoms with Crippen molar-refractivity contribution in [2.24, 2.45) is 5.73 Å². The monoisotopic (exact) mass is 386 g/mol. The number of hydrogen-bond acceptors (Lipinski definition) is 3. The van der Waals surface area contributed by atoms with E-state index in [1.165, 1.54) is 27.8 Å². The second kappa shape index (κ2) is 8.93. The van der Waals surface area contributed by atoms with Gasteiger partial charge in [-0.15, -0.1) is 0 Å². The van der Waals surface area contributed by atoms with Crippen LogP contribution in [0.25, 0.3) is 11.1 Å². The van der Waals surface area contributed by atoms with E-state index in [0.717, 1.165) is 12.8 Å². The van der Waals surface area contributed by atoms with E-state index in [4.69, 9.17) is 10.5 Å². The van der Waals surface area contributed by atoms with Crippen molar-refractivity contribution in [3.8, 4) is 11.1 Å². The molecule has 4 rings (SSSR count). The van der Waals surface area contributed by atoms with E-state index < -0.39 is 6.09 Å². The molecule has 0 unspecified atom stereocenters. The average molecular weight is 386 g/mol. The van der Waals surface area contributed by atoms with Gasteiger partial charge in [-0.05, 0) is 40.7 Å². The number of benzene rings is 3. The van der Waals surface area contributed by atoms with Gasteiger partial charge in [-0.25, -0.2) is 4.79 Å². The van der Waals surface area contributed by atoms with E-state index in [1.54, 1.807) is 0 Å². The molecule has 148 valence electrons. The molecule has 1 aliphatic carbocycles. The lowest BCUT2D eigenvalue weighted by Crippen LogP contribution is -2.38. The molecule has 0 bridgehead atoms. The normalized spacial score (nSPS) is 13.4. The lowest BCUT2D eigenvalue weighted by Gasteiger charge is -2.16. The highest BCUT2D eigenvalue weighted by Gasteiger charge is 2.28. The predicted molar refractivity (Wildman–Crippen MR) is 116 cm³/mol. The number of nitrogens with one attached hydrogen (secondary N) is 1. The first-order chi connectivity index (χ1) is 14.2. The lowest BCUT2D eigenvalue weighted by molar-refractivity contribution is 0.142. The quantitative estimate of drug-likeness (QED) is 0.629. The van der Waals surface area contributed by atoms with Gasteiger partial charge in [0.1, 0.15) is 6.61 Å². The summed E-state index contributed by atoms with van der Waals surface area (Å²) in [6.45, 7) is 0.725. The van der Waals surface area contributed by atoms with Crippen molar-refractivity contribution < 1.29 is 9.53 Å². The highest BCUT2D eigenvalue weighted by atomic mass is 16.5. The number of aryl methyl sites for hydroxylation is 1. The molecule has 3 aromatic rings. The Bertz CT molecular complexity index is 926. The SMILES string of the molecule is N[C@H](CCc1ccccc1)CNC(=O)OCC1c2ccccc2-c2ccccc21. The Labute approximate surface area is 171 Å². The fraction of sp³-hybridized carbons (Fsp3) is 0.240. The van der Waals surface area contributed by atoms with Gasteiger partial charge in [0, 0.05) is 18.5 Å². The Morgan fingerprint density at radius 3 is 2.14 bits per heavy atom. The molecule has 0 aromatic heterocycles. The number of alkyl carbamates (subject to hydrolysis) is 1. The van der Waals surface area contributed by atoms with Gasteiger partial charge in [0.15, 0.2) is 0 Å². The molecular formula is C25H26N2O2. The first kappa shape index (κ1) is 19.2. The average Bonchev–Trinajstić information content (AvgIpc) is 3.09. The summed E-state index contributed by atoms with van der Waals surface area (Å²) in [4.78, 5) is 12.2. The van der Waals surface area contributed by atoms with E-state index in [-0.39, 0.29) is 12.0 Å². The van der Waals surface area contributed by atoms with Crippen LogP contribution in [0.4, 0.5) is 4.79 Å². The van der Waals surface area contributed by atoms with Crippen molar-refractivity contribution in [1.82, 2.24) is 5.32 Å². The van der Waals surface area contributed by atoms with Gasteiger partial charge in [0.2, 0.25) is 0 Å². The van der Waals surface area contributed by atoms with Crippen LogP contribution in [0.2, 0.25) is 0 Å². The van der Waals surface area contributed by atoms with E-state index in [2.05, 4.69) is 41.7 Å². The summed E-state index contributed by atoms with van der Waals surface area (Å²) in [5.41, 5.74) is 12.3. The minimum Gasteiger partial charge on any atom is -0.449 e. The third-order valence-corrected chi connectivity index (χ3v) is 5.50. The molecule has 3 aromatic carbocycles. The highest BCUT2D eigenvalue weighted by Crippen LogP contribution is 2.44. The number of ether oxygens (including phenoxy) is 1. The number of amides is 1. The van der Waals surface area contributed by atoms with E-state index in [9.17, 15) is 4.79 Å². The fourth-order valence-corrected chi connectivity index (χ4v) is 3.96. The van der Waals surface area contributed by atoms with Crippen LogP contribution in [-0.4, -0.2) is 25.3 Å². The third kappa shape index (κ3) is 4.49. The zero-order valence-corrected chi connectivity index (χ0v) is 16.4. The molecule has 0 saturated carbocycles. The largest absolute Gasteiger partial charge is 0.449 e. The molecule has 0 spiro atoms. The van der Waals surface area contributed by atoms with Crippen LogP contribution in [0, 0.1) is 0 Å². The summed E-state index contributed by atoms with van der Waals surface area (Å²) in [6, 6.07) is 26.8. The standard InChI is InChI=1S/C25H26N2O2/c26-19(15-14-18-8-2-1-3-9-18)16-27-25(28)29-17-24-22-12-6-4-10-20(22)21-11-5-7-13-23(21)24/h1-13,19,24H,14-17,26H2,(H,27,28)/t19-/m1/s1. The van der Waals surface area contributed by atoms with Crippen molar-refractivity contribution in [3.63, 3.8) is 0 Å². The van der Waals surface area contributed by atoms with Gasteiger partial charge in [-0.3, -0.25) is 0 Å². The summed E-state index contributed by atoms with van der Waals surface area (Å²) >= 11 is 0. The van der Waals surface area contributed by atoms with Crippen molar-refractivity contribution in [2.75, 3.05) is 13.2 Å². The second-order valence-electron chi connectivity index (χ2n) is 7.49. The van der Waals surface area contributed by atoms with Crippen LogP contribution in [0.1, 0.15) is 29.0 Å². The molecule has 1 atom stereocenters. The van der Waals surface area contributed by atoms with Crippen LogP contribution in [0.3, 0.4) is 0 Å². The summed E-state index contributed by atoms with van der Waals surface area (Å²) in [5.74, 6) is 0.0694.